The van der Waals surface area contributed by atoms with Gasteiger partial charge in [-0.1, -0.05) is 0 Å². The number of amides is 1. The van der Waals surface area contributed by atoms with Crippen molar-refractivity contribution < 1.29 is 18.7 Å². The summed E-state index contributed by atoms with van der Waals surface area (Å²) in [5, 5.41) is 2.87. The summed E-state index contributed by atoms with van der Waals surface area (Å²) in [6.45, 7) is 3.63. The molecule has 1 saturated heterocycles. The number of pyridine rings is 1. The molecule has 3 heterocycles. The molecule has 122 valence electrons. The minimum atomic E-state index is -0.153. The van der Waals surface area contributed by atoms with E-state index in [-0.39, 0.29) is 12.0 Å². The van der Waals surface area contributed by atoms with Crippen molar-refractivity contribution >= 4 is 5.91 Å². The third-order valence-corrected chi connectivity index (χ3v) is 3.81. The minimum Gasteiger partial charge on any atom is -0.474 e. The van der Waals surface area contributed by atoms with Crippen molar-refractivity contribution in [3.63, 3.8) is 0 Å². The topological polar surface area (TPSA) is 73.6 Å². The zero-order chi connectivity index (χ0) is 16.1. The summed E-state index contributed by atoms with van der Waals surface area (Å²) >= 11 is 0. The van der Waals surface area contributed by atoms with Gasteiger partial charge < -0.3 is 19.2 Å². The van der Waals surface area contributed by atoms with Crippen LogP contribution in [-0.2, 0) is 11.3 Å². The number of ether oxygens (including phenoxy) is 2. The van der Waals surface area contributed by atoms with Crippen molar-refractivity contribution in [2.24, 2.45) is 0 Å². The fourth-order valence-electron chi connectivity index (χ4n) is 2.49. The lowest BCUT2D eigenvalue weighted by molar-refractivity contribution is 0.0237. The van der Waals surface area contributed by atoms with Crippen molar-refractivity contribution in [2.75, 3.05) is 13.2 Å². The predicted molar refractivity (Wildman–Crippen MR) is 83.3 cm³/mol. The van der Waals surface area contributed by atoms with Gasteiger partial charge in [0.2, 0.25) is 5.88 Å². The first-order chi connectivity index (χ1) is 11.2. The van der Waals surface area contributed by atoms with Crippen LogP contribution in [0.1, 0.15) is 34.5 Å². The molecule has 1 fully saturated rings. The van der Waals surface area contributed by atoms with E-state index >= 15 is 0 Å². The zero-order valence-corrected chi connectivity index (χ0v) is 13.1. The highest BCUT2D eigenvalue weighted by Crippen LogP contribution is 2.17. The van der Waals surface area contributed by atoms with Crippen LogP contribution in [0.15, 0.2) is 35.1 Å². The van der Waals surface area contributed by atoms with Crippen LogP contribution in [0.2, 0.25) is 0 Å². The van der Waals surface area contributed by atoms with Crippen LogP contribution in [0.5, 0.6) is 5.88 Å². The quantitative estimate of drug-likeness (QED) is 0.917. The molecule has 0 bridgehead atoms. The Hall–Kier alpha value is -2.34. The molecule has 0 saturated carbocycles. The van der Waals surface area contributed by atoms with E-state index in [1.54, 1.807) is 19.2 Å². The van der Waals surface area contributed by atoms with Crippen LogP contribution in [0.25, 0.3) is 0 Å². The molecule has 3 rings (SSSR count). The molecule has 6 nitrogen and oxygen atoms in total. The van der Waals surface area contributed by atoms with Gasteiger partial charge in [-0.3, -0.25) is 4.79 Å². The Balaban J connectivity index is 1.57. The van der Waals surface area contributed by atoms with Gasteiger partial charge in [-0.2, -0.15) is 0 Å². The smallest absolute Gasteiger partial charge is 0.255 e. The molecule has 0 aliphatic carbocycles. The number of hydrogen-bond acceptors (Lipinski definition) is 5. The second kappa shape index (κ2) is 7.28. The third kappa shape index (κ3) is 4.10. The molecule has 1 N–H and O–H groups in total. The van der Waals surface area contributed by atoms with Crippen LogP contribution in [0.3, 0.4) is 0 Å². The molecular formula is C17H20N2O4. The van der Waals surface area contributed by atoms with Gasteiger partial charge in [0.1, 0.15) is 11.9 Å². The van der Waals surface area contributed by atoms with Gasteiger partial charge >= 0.3 is 0 Å². The number of rotatable bonds is 5. The average molecular weight is 316 g/mol. The lowest BCUT2D eigenvalue weighted by Crippen LogP contribution is -2.26. The molecule has 1 aliphatic rings. The fourth-order valence-corrected chi connectivity index (χ4v) is 2.49. The number of hydrogen-bond donors (Lipinski definition) is 1. The van der Waals surface area contributed by atoms with Gasteiger partial charge in [0, 0.05) is 31.6 Å². The summed E-state index contributed by atoms with van der Waals surface area (Å²) in [5.74, 6) is 1.05. The molecule has 23 heavy (non-hydrogen) atoms. The largest absolute Gasteiger partial charge is 0.474 e. The van der Waals surface area contributed by atoms with Crippen molar-refractivity contribution in [2.45, 2.75) is 32.4 Å². The molecule has 1 aliphatic heterocycles. The lowest BCUT2D eigenvalue weighted by Gasteiger charge is -2.22. The first kappa shape index (κ1) is 15.6. The molecule has 1 amide bonds. The molecule has 6 heteroatoms. The van der Waals surface area contributed by atoms with Gasteiger partial charge in [-0.25, -0.2) is 4.98 Å². The standard InChI is InChI=1S/C17H20N2O4/c1-12-15(5-9-22-12)17(20)19-11-13-2-6-18-16(10-13)23-14-3-7-21-8-4-14/h2,5-6,9-10,14H,3-4,7-8,11H2,1H3,(H,19,20). The number of carbonyl (C=O) groups excluding carboxylic acids is 1. The molecule has 2 aromatic rings. The van der Waals surface area contributed by atoms with Crippen molar-refractivity contribution in [1.29, 1.82) is 0 Å². The maximum atomic E-state index is 12.1. The normalized spacial score (nSPS) is 15.3. The molecule has 0 aromatic carbocycles. The Labute approximate surface area is 134 Å². The highest BCUT2D eigenvalue weighted by atomic mass is 16.5. The van der Waals surface area contributed by atoms with Crippen LogP contribution in [-0.4, -0.2) is 30.2 Å². The summed E-state index contributed by atoms with van der Waals surface area (Å²) in [6, 6.07) is 5.38. The SMILES string of the molecule is Cc1occc1C(=O)NCc1ccnc(OC2CCOCC2)c1. The molecule has 0 radical (unpaired) electrons. The minimum absolute atomic E-state index is 0.148. The maximum Gasteiger partial charge on any atom is 0.255 e. The molecule has 0 unspecified atom stereocenters. The molecule has 0 atom stereocenters. The number of aromatic nitrogens is 1. The Bertz CT molecular complexity index is 662. The number of furan rings is 1. The van der Waals surface area contributed by atoms with E-state index in [0.717, 1.165) is 31.6 Å². The van der Waals surface area contributed by atoms with Gasteiger partial charge in [-0.15, -0.1) is 0 Å². The number of nitrogens with zero attached hydrogens (tertiary/aromatic N) is 1. The van der Waals surface area contributed by atoms with Crippen molar-refractivity contribution in [3.8, 4) is 5.88 Å². The van der Waals surface area contributed by atoms with Crippen LogP contribution in [0.4, 0.5) is 0 Å². The Kier molecular flexibility index (Phi) is 4.92. The Morgan fingerprint density at radius 1 is 1.39 bits per heavy atom. The summed E-state index contributed by atoms with van der Waals surface area (Å²) in [5.41, 5.74) is 1.49. The monoisotopic (exact) mass is 316 g/mol. The number of carbonyl (C=O) groups is 1. The second-order valence-electron chi connectivity index (χ2n) is 5.51. The first-order valence-electron chi connectivity index (χ1n) is 7.74. The maximum absolute atomic E-state index is 12.1. The average Bonchev–Trinajstić information content (AvgIpc) is 3.00. The Morgan fingerprint density at radius 2 is 2.22 bits per heavy atom. The van der Waals surface area contributed by atoms with E-state index in [1.165, 1.54) is 6.26 Å². The van der Waals surface area contributed by atoms with Gasteiger partial charge in [-0.05, 0) is 24.6 Å². The van der Waals surface area contributed by atoms with E-state index in [4.69, 9.17) is 13.9 Å². The van der Waals surface area contributed by atoms with E-state index in [1.807, 2.05) is 12.1 Å². The van der Waals surface area contributed by atoms with Gasteiger partial charge in [0.05, 0.1) is 25.0 Å². The van der Waals surface area contributed by atoms with E-state index in [9.17, 15) is 4.79 Å². The summed E-state index contributed by atoms with van der Waals surface area (Å²) < 4.78 is 16.3. The van der Waals surface area contributed by atoms with Crippen LogP contribution in [0, 0.1) is 6.92 Å². The van der Waals surface area contributed by atoms with Crippen LogP contribution >= 0.6 is 0 Å². The first-order valence-corrected chi connectivity index (χ1v) is 7.74. The molecule has 2 aromatic heterocycles. The predicted octanol–water partition coefficient (Wildman–Crippen LogP) is 2.47. The lowest BCUT2D eigenvalue weighted by atomic mass is 10.1. The van der Waals surface area contributed by atoms with E-state index in [2.05, 4.69) is 10.3 Å². The van der Waals surface area contributed by atoms with Gasteiger partial charge in [0.25, 0.3) is 5.91 Å². The highest BCUT2D eigenvalue weighted by molar-refractivity contribution is 5.94. The van der Waals surface area contributed by atoms with Crippen LogP contribution < -0.4 is 10.1 Å². The summed E-state index contributed by atoms with van der Waals surface area (Å²) in [4.78, 5) is 16.3. The molecular weight excluding hydrogens is 296 g/mol. The Morgan fingerprint density at radius 3 is 2.96 bits per heavy atom. The summed E-state index contributed by atoms with van der Waals surface area (Å²) in [7, 11) is 0. The third-order valence-electron chi connectivity index (χ3n) is 3.81. The summed E-state index contributed by atoms with van der Waals surface area (Å²) in [6.07, 6.45) is 5.11. The van der Waals surface area contributed by atoms with Crippen molar-refractivity contribution in [1.82, 2.24) is 10.3 Å². The van der Waals surface area contributed by atoms with Crippen molar-refractivity contribution in [3.05, 3.63) is 47.5 Å². The van der Waals surface area contributed by atoms with Gasteiger partial charge in [0.15, 0.2) is 0 Å². The van der Waals surface area contributed by atoms with E-state index in [0.29, 0.717) is 23.7 Å². The van der Waals surface area contributed by atoms with E-state index < -0.39 is 0 Å². The second-order valence-corrected chi connectivity index (χ2v) is 5.51. The fraction of sp³-hybridized carbons (Fsp3) is 0.412. The number of aryl methyl sites for hydroxylation is 1. The zero-order valence-electron chi connectivity index (χ0n) is 13.1. The molecule has 0 spiro atoms. The highest BCUT2D eigenvalue weighted by Gasteiger charge is 2.16. The number of nitrogens with one attached hydrogen (secondary N) is 1.